The van der Waals surface area contributed by atoms with Crippen LogP contribution in [0, 0.1) is 5.92 Å². The number of benzene rings is 1. The molecule has 2 aromatic rings. The van der Waals surface area contributed by atoms with Crippen LogP contribution >= 0.6 is 0 Å². The fourth-order valence-electron chi connectivity index (χ4n) is 3.38. The van der Waals surface area contributed by atoms with Crippen molar-refractivity contribution in [2.45, 2.75) is 25.7 Å². The minimum atomic E-state index is 0.0819. The molecule has 1 N–H and O–H groups in total. The van der Waals surface area contributed by atoms with E-state index in [-0.39, 0.29) is 5.91 Å². The van der Waals surface area contributed by atoms with E-state index in [2.05, 4.69) is 15.2 Å². The first kappa shape index (κ1) is 16.6. The molecule has 1 aliphatic heterocycles. The molecule has 1 unspecified atom stereocenters. The predicted octanol–water partition coefficient (Wildman–Crippen LogP) is 2.75. The number of ether oxygens (including phenoxy) is 1. The second-order valence-electron chi connectivity index (χ2n) is 6.27. The van der Waals surface area contributed by atoms with E-state index in [9.17, 15) is 4.79 Å². The van der Waals surface area contributed by atoms with E-state index < -0.39 is 0 Å². The second-order valence-corrected chi connectivity index (χ2v) is 6.27. The maximum atomic E-state index is 13.0. The van der Waals surface area contributed by atoms with Crippen LogP contribution < -0.4 is 0 Å². The summed E-state index contributed by atoms with van der Waals surface area (Å²) >= 11 is 0. The van der Waals surface area contributed by atoms with E-state index in [1.807, 2.05) is 29.2 Å². The summed E-state index contributed by atoms with van der Waals surface area (Å²) in [7, 11) is 1.73. The van der Waals surface area contributed by atoms with Crippen LogP contribution in [0.15, 0.2) is 30.6 Å². The summed E-state index contributed by atoms with van der Waals surface area (Å²) in [6, 6.07) is 7.59. The lowest BCUT2D eigenvalue weighted by Gasteiger charge is -2.33. The molecular formula is C18H24N4O2. The van der Waals surface area contributed by atoms with Crippen LogP contribution in [-0.2, 0) is 4.74 Å². The molecule has 1 aliphatic rings. The minimum absolute atomic E-state index is 0.0819. The number of hydrogen-bond acceptors (Lipinski definition) is 4. The molecule has 1 amide bonds. The standard InChI is InChI=1S/C18H24N4O2/c1-24-11-5-7-14-6-4-10-22(12-14)18(23)16-9-3-2-8-15(16)17-19-13-20-21-17/h2-3,8-9,13-14H,4-7,10-12H2,1H3,(H,19,20,21). The third-order valence-electron chi connectivity index (χ3n) is 4.59. The highest BCUT2D eigenvalue weighted by Crippen LogP contribution is 2.25. The number of nitrogens with zero attached hydrogens (tertiary/aromatic N) is 3. The maximum absolute atomic E-state index is 13.0. The summed E-state index contributed by atoms with van der Waals surface area (Å²) < 4.78 is 5.14. The van der Waals surface area contributed by atoms with Crippen molar-refractivity contribution < 1.29 is 9.53 Å². The third kappa shape index (κ3) is 3.82. The number of carbonyl (C=O) groups is 1. The molecule has 1 fully saturated rings. The Balaban J connectivity index is 1.72. The van der Waals surface area contributed by atoms with Gasteiger partial charge in [-0.25, -0.2) is 4.98 Å². The number of piperidine rings is 1. The van der Waals surface area contributed by atoms with Crippen molar-refractivity contribution in [2.75, 3.05) is 26.8 Å². The van der Waals surface area contributed by atoms with Crippen molar-refractivity contribution in [3.05, 3.63) is 36.2 Å². The Hall–Kier alpha value is -2.21. The van der Waals surface area contributed by atoms with Crippen molar-refractivity contribution in [1.82, 2.24) is 20.1 Å². The topological polar surface area (TPSA) is 71.1 Å². The van der Waals surface area contributed by atoms with E-state index in [4.69, 9.17) is 4.74 Å². The molecule has 6 nitrogen and oxygen atoms in total. The van der Waals surface area contributed by atoms with E-state index in [1.54, 1.807) is 7.11 Å². The van der Waals surface area contributed by atoms with E-state index in [0.29, 0.717) is 17.3 Å². The third-order valence-corrected chi connectivity index (χ3v) is 4.59. The largest absolute Gasteiger partial charge is 0.385 e. The molecule has 128 valence electrons. The van der Waals surface area contributed by atoms with Gasteiger partial charge in [0.05, 0.1) is 5.56 Å². The average molecular weight is 328 g/mol. The number of hydrogen-bond donors (Lipinski definition) is 1. The zero-order valence-corrected chi connectivity index (χ0v) is 14.1. The first-order valence-electron chi connectivity index (χ1n) is 8.52. The smallest absolute Gasteiger partial charge is 0.254 e. The van der Waals surface area contributed by atoms with Crippen LogP contribution in [0.2, 0.25) is 0 Å². The zero-order chi connectivity index (χ0) is 16.8. The molecule has 0 saturated carbocycles. The number of amides is 1. The molecule has 0 radical (unpaired) electrons. The molecule has 1 atom stereocenters. The SMILES string of the molecule is COCCCC1CCCN(C(=O)c2ccccc2-c2ncn[nH]2)C1. The van der Waals surface area contributed by atoms with Crippen LogP contribution in [0.3, 0.4) is 0 Å². The van der Waals surface area contributed by atoms with Gasteiger partial charge in [-0.15, -0.1) is 0 Å². The first-order valence-corrected chi connectivity index (χ1v) is 8.52. The maximum Gasteiger partial charge on any atom is 0.254 e. The minimum Gasteiger partial charge on any atom is -0.385 e. The number of nitrogens with one attached hydrogen (secondary N) is 1. The number of methoxy groups -OCH3 is 1. The molecule has 24 heavy (non-hydrogen) atoms. The lowest BCUT2D eigenvalue weighted by Crippen LogP contribution is -2.40. The average Bonchev–Trinajstić information content (AvgIpc) is 3.16. The van der Waals surface area contributed by atoms with Crippen LogP contribution in [0.25, 0.3) is 11.4 Å². The van der Waals surface area contributed by atoms with Crippen molar-refractivity contribution in [2.24, 2.45) is 5.92 Å². The van der Waals surface area contributed by atoms with Gasteiger partial charge in [-0.1, -0.05) is 18.2 Å². The normalized spacial score (nSPS) is 17.9. The summed E-state index contributed by atoms with van der Waals surface area (Å²) in [5.41, 5.74) is 1.49. The van der Waals surface area contributed by atoms with Crippen LogP contribution in [0.4, 0.5) is 0 Å². The van der Waals surface area contributed by atoms with Crippen LogP contribution in [0.5, 0.6) is 0 Å². The number of aromatic amines is 1. The van der Waals surface area contributed by atoms with Gasteiger partial charge in [-0.2, -0.15) is 5.10 Å². The molecule has 1 saturated heterocycles. The number of aromatic nitrogens is 3. The molecular weight excluding hydrogens is 304 g/mol. The Bertz CT molecular complexity index is 657. The predicted molar refractivity (Wildman–Crippen MR) is 91.6 cm³/mol. The highest BCUT2D eigenvalue weighted by atomic mass is 16.5. The Labute approximate surface area is 142 Å². The molecule has 1 aromatic heterocycles. The number of likely N-dealkylation sites (tertiary alicyclic amines) is 1. The van der Waals surface area contributed by atoms with Gasteiger partial charge in [0.25, 0.3) is 5.91 Å². The molecule has 0 spiro atoms. The fraction of sp³-hybridized carbons (Fsp3) is 0.500. The van der Waals surface area contributed by atoms with E-state index in [0.717, 1.165) is 44.5 Å². The van der Waals surface area contributed by atoms with Gasteiger partial charge in [-0.3, -0.25) is 9.89 Å². The van der Waals surface area contributed by atoms with Crippen LogP contribution in [0.1, 0.15) is 36.0 Å². The van der Waals surface area contributed by atoms with Crippen molar-refractivity contribution in [3.63, 3.8) is 0 Å². The lowest BCUT2D eigenvalue weighted by molar-refractivity contribution is 0.0661. The second kappa shape index (κ2) is 8.06. The van der Waals surface area contributed by atoms with Gasteiger partial charge in [-0.05, 0) is 37.7 Å². The van der Waals surface area contributed by atoms with Gasteiger partial charge in [0.1, 0.15) is 6.33 Å². The van der Waals surface area contributed by atoms with Crippen LogP contribution in [-0.4, -0.2) is 52.8 Å². The Morgan fingerprint density at radius 1 is 1.42 bits per heavy atom. The fourth-order valence-corrected chi connectivity index (χ4v) is 3.38. The van der Waals surface area contributed by atoms with Gasteiger partial charge >= 0.3 is 0 Å². The molecule has 0 bridgehead atoms. The molecule has 6 heteroatoms. The summed E-state index contributed by atoms with van der Waals surface area (Å²) in [5.74, 6) is 1.28. The van der Waals surface area contributed by atoms with Crippen molar-refractivity contribution >= 4 is 5.91 Å². The summed E-state index contributed by atoms with van der Waals surface area (Å²) in [6.45, 7) is 2.44. The van der Waals surface area contributed by atoms with Crippen molar-refractivity contribution in [1.29, 1.82) is 0 Å². The summed E-state index contributed by atoms with van der Waals surface area (Å²) in [6.07, 6.45) is 5.88. The van der Waals surface area contributed by atoms with Gasteiger partial charge in [0.2, 0.25) is 0 Å². The molecule has 0 aliphatic carbocycles. The van der Waals surface area contributed by atoms with Crippen molar-refractivity contribution in [3.8, 4) is 11.4 Å². The highest BCUT2D eigenvalue weighted by molar-refractivity contribution is 6.00. The summed E-state index contributed by atoms with van der Waals surface area (Å²) in [5, 5.41) is 6.74. The molecule has 1 aromatic carbocycles. The number of rotatable bonds is 6. The molecule has 3 rings (SSSR count). The van der Waals surface area contributed by atoms with E-state index in [1.165, 1.54) is 12.7 Å². The van der Waals surface area contributed by atoms with Gasteiger partial charge in [0, 0.05) is 32.4 Å². The Kier molecular flexibility index (Phi) is 5.59. The van der Waals surface area contributed by atoms with Gasteiger partial charge in [0.15, 0.2) is 5.82 Å². The number of carbonyl (C=O) groups excluding carboxylic acids is 1. The highest BCUT2D eigenvalue weighted by Gasteiger charge is 2.26. The monoisotopic (exact) mass is 328 g/mol. The van der Waals surface area contributed by atoms with Gasteiger partial charge < -0.3 is 9.64 Å². The zero-order valence-electron chi connectivity index (χ0n) is 14.1. The summed E-state index contributed by atoms with van der Waals surface area (Å²) in [4.78, 5) is 19.2. The van der Waals surface area contributed by atoms with E-state index >= 15 is 0 Å². The lowest BCUT2D eigenvalue weighted by atomic mass is 9.92. The Morgan fingerprint density at radius 3 is 3.08 bits per heavy atom. The quantitative estimate of drug-likeness (QED) is 0.828. The Morgan fingerprint density at radius 2 is 2.29 bits per heavy atom. The number of H-pyrrole nitrogens is 1. The first-order chi connectivity index (χ1) is 11.8. The molecule has 2 heterocycles.